The van der Waals surface area contributed by atoms with Gasteiger partial charge in [-0.05, 0) is 55.0 Å². The van der Waals surface area contributed by atoms with Crippen LogP contribution in [0.4, 0.5) is 5.82 Å². The number of aromatic nitrogens is 1. The molecule has 0 spiro atoms. The lowest BCUT2D eigenvalue weighted by molar-refractivity contribution is -0.134. The fraction of sp³-hybridized carbons (Fsp3) is 0.455. The Bertz CT molecular complexity index is 1600. The Hall–Kier alpha value is -6.14. The van der Waals surface area contributed by atoms with Crippen molar-refractivity contribution < 1.29 is 33.5 Å². The van der Waals surface area contributed by atoms with Crippen LogP contribution in [-0.2, 0) is 30.4 Å². The first-order valence-corrected chi connectivity index (χ1v) is 16.7. The smallest absolute Gasteiger partial charge is 0.252 e. The Morgan fingerprint density at radius 3 is 2.31 bits per heavy atom. The third-order valence-electron chi connectivity index (χ3n) is 7.71. The minimum atomic E-state index is -1.12. The molecule has 0 bridgehead atoms. The largest absolute Gasteiger partial charge is 0.494 e. The van der Waals surface area contributed by atoms with Gasteiger partial charge in [-0.1, -0.05) is 26.0 Å². The number of hydrogen-bond donors (Lipinski definition) is 9. The Labute approximate surface area is 300 Å². The molecule has 1 aromatic carbocycles. The molecule has 1 aliphatic heterocycles. The highest BCUT2D eigenvalue weighted by Gasteiger charge is 2.32. The van der Waals surface area contributed by atoms with Crippen LogP contribution in [0.2, 0.25) is 0 Å². The van der Waals surface area contributed by atoms with Gasteiger partial charge in [0.25, 0.3) is 5.91 Å². The summed E-state index contributed by atoms with van der Waals surface area (Å²) in [7, 11) is 0. The van der Waals surface area contributed by atoms with Crippen LogP contribution in [0.5, 0.6) is 5.75 Å². The lowest BCUT2D eigenvalue weighted by atomic mass is 10.00. The Kier molecular flexibility index (Phi) is 15.9. The fourth-order valence-electron chi connectivity index (χ4n) is 4.92. The summed E-state index contributed by atoms with van der Waals surface area (Å²) in [6.45, 7) is 3.41. The van der Waals surface area contributed by atoms with E-state index >= 15 is 0 Å². The van der Waals surface area contributed by atoms with Gasteiger partial charge in [-0.3, -0.25) is 33.8 Å². The van der Waals surface area contributed by atoms with Gasteiger partial charge >= 0.3 is 0 Å². The SMILES string of the molecule is CC(C)[C@@H]1NC(=O)[C@@H](Cc2ccc(OCCCNC(=O)c3ccc(N=N)nc3)cc2)NC(=O)CNC(=O)CNC(=O)[C@H](CCCN=C(N)N)NC1=O. The monoisotopic (exact) mass is 722 g/mol. The molecule has 1 fully saturated rings. The molecule has 19 nitrogen and oxygen atoms in total. The topological polar surface area (TPSA) is 297 Å². The number of carbonyl (C=O) groups is 6. The molecule has 3 rings (SSSR count). The predicted octanol–water partition coefficient (Wildman–Crippen LogP) is -1.10. The number of aliphatic imine (C=N–C) groups is 1. The van der Waals surface area contributed by atoms with Gasteiger partial charge in [0.05, 0.1) is 25.3 Å². The lowest BCUT2D eigenvalue weighted by Gasteiger charge is -2.27. The summed E-state index contributed by atoms with van der Waals surface area (Å²) < 4.78 is 5.77. The van der Waals surface area contributed by atoms with E-state index in [2.05, 4.69) is 47.0 Å². The molecule has 1 aromatic heterocycles. The molecule has 0 aliphatic carbocycles. The van der Waals surface area contributed by atoms with Gasteiger partial charge in [0.1, 0.15) is 23.9 Å². The van der Waals surface area contributed by atoms with Crippen LogP contribution >= 0.6 is 0 Å². The fourth-order valence-corrected chi connectivity index (χ4v) is 4.92. The van der Waals surface area contributed by atoms with E-state index in [4.69, 9.17) is 21.7 Å². The molecule has 6 amide bonds. The summed E-state index contributed by atoms with van der Waals surface area (Å²) in [6.07, 6.45) is 2.38. The van der Waals surface area contributed by atoms with Crippen LogP contribution in [0.3, 0.4) is 0 Å². The quantitative estimate of drug-likeness (QED) is 0.0491. The molecule has 52 heavy (non-hydrogen) atoms. The second kappa shape index (κ2) is 20.5. The Morgan fingerprint density at radius 2 is 1.65 bits per heavy atom. The molecule has 1 saturated heterocycles. The van der Waals surface area contributed by atoms with Crippen LogP contribution in [-0.4, -0.2) is 97.3 Å². The number of amides is 6. The van der Waals surface area contributed by atoms with Crippen molar-refractivity contribution in [1.82, 2.24) is 36.9 Å². The van der Waals surface area contributed by atoms with Crippen molar-refractivity contribution >= 4 is 47.2 Å². The van der Waals surface area contributed by atoms with Crippen molar-refractivity contribution in [1.29, 1.82) is 5.53 Å². The first kappa shape index (κ1) is 40.3. The zero-order chi connectivity index (χ0) is 38.0. The van der Waals surface area contributed by atoms with Gasteiger partial charge in [0, 0.05) is 25.7 Å². The van der Waals surface area contributed by atoms with Gasteiger partial charge < -0.3 is 48.1 Å². The first-order chi connectivity index (χ1) is 24.9. The standard InChI is InChI=1S/C33H46N12O7/c1-19(2)28-32(51)43-23(5-3-12-38-33(34)35)30(49)41-17-26(46)40-18-27(47)42-24(31(50)44-28)15-20-6-9-22(10-7-20)52-14-4-13-37-29(48)21-8-11-25(45-36)39-16-21/h6-11,16,19,23-24,28,36H,3-5,12-15,17-18H2,1-2H3,(H,37,48)(H,40,46)(H,41,49)(H,42,47)(H,43,51)(H,44,50)(H4,34,35,38)/t23-,24+,28-/m0/s1. The van der Waals surface area contributed by atoms with E-state index in [1.165, 1.54) is 18.3 Å². The van der Waals surface area contributed by atoms with Gasteiger partial charge in [-0.15, -0.1) is 5.11 Å². The average molecular weight is 723 g/mol. The number of ether oxygens (including phenoxy) is 1. The number of nitrogens with one attached hydrogen (secondary N) is 7. The number of rotatable bonds is 14. The normalized spacial score (nSPS) is 18.7. The van der Waals surface area contributed by atoms with Crippen LogP contribution in [0.25, 0.3) is 0 Å². The summed E-state index contributed by atoms with van der Waals surface area (Å²) in [5, 5.41) is 18.9. The average Bonchev–Trinajstić information content (AvgIpc) is 3.12. The van der Waals surface area contributed by atoms with E-state index in [-0.39, 0.29) is 37.1 Å². The zero-order valence-electron chi connectivity index (χ0n) is 29.1. The summed E-state index contributed by atoms with van der Waals surface area (Å²) in [5.41, 5.74) is 18.7. The molecule has 2 aromatic rings. The van der Waals surface area contributed by atoms with E-state index in [1.54, 1.807) is 38.1 Å². The number of pyridine rings is 1. The van der Waals surface area contributed by atoms with Crippen molar-refractivity contribution in [2.45, 2.75) is 57.7 Å². The van der Waals surface area contributed by atoms with E-state index in [0.717, 1.165) is 0 Å². The number of benzene rings is 1. The van der Waals surface area contributed by atoms with E-state index < -0.39 is 66.7 Å². The second-order valence-electron chi connectivity index (χ2n) is 12.2. The molecule has 280 valence electrons. The number of hydrogen-bond acceptors (Lipinski definition) is 11. The summed E-state index contributed by atoms with van der Waals surface area (Å²) in [4.78, 5) is 85.2. The van der Waals surface area contributed by atoms with Crippen molar-refractivity contribution in [3.8, 4) is 5.75 Å². The van der Waals surface area contributed by atoms with Gasteiger partial charge in [0.15, 0.2) is 11.8 Å². The van der Waals surface area contributed by atoms with Gasteiger partial charge in [-0.2, -0.15) is 0 Å². The highest BCUT2D eigenvalue weighted by atomic mass is 16.5. The second-order valence-corrected chi connectivity index (χ2v) is 12.2. The lowest BCUT2D eigenvalue weighted by Crippen LogP contribution is -2.58. The van der Waals surface area contributed by atoms with Crippen molar-refractivity contribution in [2.24, 2.45) is 27.5 Å². The first-order valence-electron chi connectivity index (χ1n) is 16.7. The minimum Gasteiger partial charge on any atom is -0.494 e. The maximum absolute atomic E-state index is 13.6. The maximum atomic E-state index is 13.6. The molecule has 19 heteroatoms. The Balaban J connectivity index is 1.64. The molecule has 0 unspecified atom stereocenters. The highest BCUT2D eigenvalue weighted by Crippen LogP contribution is 2.15. The van der Waals surface area contributed by atoms with Crippen LogP contribution in [0, 0.1) is 11.4 Å². The summed E-state index contributed by atoms with van der Waals surface area (Å²) >= 11 is 0. The molecule has 1 aliphatic rings. The number of nitrogens with zero attached hydrogens (tertiary/aromatic N) is 3. The summed E-state index contributed by atoms with van der Waals surface area (Å²) in [5.74, 6) is -3.27. The Morgan fingerprint density at radius 1 is 0.923 bits per heavy atom. The molecular weight excluding hydrogens is 676 g/mol. The number of nitrogens with two attached hydrogens (primary N) is 2. The zero-order valence-corrected chi connectivity index (χ0v) is 29.1. The van der Waals surface area contributed by atoms with Gasteiger partial charge in [-0.25, -0.2) is 10.5 Å². The van der Waals surface area contributed by atoms with Crippen LogP contribution in [0.1, 0.15) is 49.0 Å². The van der Waals surface area contributed by atoms with E-state index in [1.807, 2.05) is 0 Å². The number of carbonyl (C=O) groups excluding carboxylic acids is 6. The molecule has 0 saturated carbocycles. The van der Waals surface area contributed by atoms with E-state index in [9.17, 15) is 28.8 Å². The van der Waals surface area contributed by atoms with Crippen LogP contribution < -0.4 is 48.1 Å². The molecule has 0 radical (unpaired) electrons. The third-order valence-corrected chi connectivity index (χ3v) is 7.71. The molecule has 11 N–H and O–H groups in total. The van der Waals surface area contributed by atoms with Crippen molar-refractivity contribution in [3.05, 3.63) is 53.7 Å². The molecule has 2 heterocycles. The number of guanidine groups is 1. The highest BCUT2D eigenvalue weighted by molar-refractivity contribution is 5.96. The van der Waals surface area contributed by atoms with Crippen molar-refractivity contribution in [3.63, 3.8) is 0 Å². The van der Waals surface area contributed by atoms with Crippen LogP contribution in [0.15, 0.2) is 52.7 Å². The third kappa shape index (κ3) is 13.6. The molecular formula is C33H46N12O7. The minimum absolute atomic E-state index is 0.0451. The summed E-state index contributed by atoms with van der Waals surface area (Å²) in [6, 6.07) is 6.62. The van der Waals surface area contributed by atoms with E-state index in [0.29, 0.717) is 42.9 Å². The predicted molar refractivity (Wildman–Crippen MR) is 188 cm³/mol. The maximum Gasteiger partial charge on any atom is 0.252 e. The van der Waals surface area contributed by atoms with Crippen molar-refractivity contribution in [2.75, 3.05) is 32.8 Å². The molecule has 3 atom stereocenters. The van der Waals surface area contributed by atoms with Gasteiger partial charge in [0.2, 0.25) is 29.5 Å².